The molecule has 0 saturated heterocycles. The highest BCUT2D eigenvalue weighted by Gasteiger charge is 2.00. The van der Waals surface area contributed by atoms with Crippen LogP contribution in [0.1, 0.15) is 5.56 Å². The van der Waals surface area contributed by atoms with Crippen LogP contribution in [-0.4, -0.2) is 6.41 Å². The van der Waals surface area contributed by atoms with Gasteiger partial charge in [-0.25, -0.2) is 4.39 Å². The number of carbonyl (C=O) groups excluding carboxylic acids is 1. The second-order valence-electron chi connectivity index (χ2n) is 2.19. The third-order valence-corrected chi connectivity index (χ3v) is 1.86. The van der Waals surface area contributed by atoms with E-state index in [0.717, 1.165) is 0 Å². The van der Waals surface area contributed by atoms with E-state index in [1.807, 2.05) is 0 Å². The zero-order valence-electron chi connectivity index (χ0n) is 6.10. The molecule has 0 fully saturated rings. The summed E-state index contributed by atoms with van der Waals surface area (Å²) in [6.07, 6.45) is 1.48. The topological polar surface area (TPSA) is 29.1 Å². The average Bonchev–Trinajstić information content (AvgIpc) is 2.03. The van der Waals surface area contributed by atoms with Crippen LogP contribution < -0.4 is 5.32 Å². The van der Waals surface area contributed by atoms with Crippen LogP contribution in [0.3, 0.4) is 0 Å². The zero-order chi connectivity index (χ0) is 8.97. The molecule has 0 saturated carbocycles. The Morgan fingerprint density at radius 1 is 1.58 bits per heavy atom. The van der Waals surface area contributed by atoms with Crippen molar-refractivity contribution in [3.05, 3.63) is 34.1 Å². The second-order valence-corrected chi connectivity index (χ2v) is 3.11. The number of halogens is 2. The van der Waals surface area contributed by atoms with Crippen molar-refractivity contribution in [1.82, 2.24) is 5.32 Å². The van der Waals surface area contributed by atoms with Crippen LogP contribution in [0, 0.1) is 5.82 Å². The van der Waals surface area contributed by atoms with E-state index in [2.05, 4.69) is 21.2 Å². The lowest BCUT2D eigenvalue weighted by Gasteiger charge is -2.00. The van der Waals surface area contributed by atoms with Crippen LogP contribution in [0.2, 0.25) is 0 Å². The van der Waals surface area contributed by atoms with Gasteiger partial charge in [-0.05, 0) is 12.1 Å². The third-order valence-electron chi connectivity index (χ3n) is 1.37. The molecular weight excluding hydrogens is 225 g/mol. The molecule has 0 heterocycles. The molecule has 0 aliphatic rings. The van der Waals surface area contributed by atoms with Gasteiger partial charge in [-0.15, -0.1) is 0 Å². The van der Waals surface area contributed by atoms with Crippen molar-refractivity contribution in [2.75, 3.05) is 0 Å². The number of benzene rings is 1. The molecule has 63 valence electrons. The summed E-state index contributed by atoms with van der Waals surface area (Å²) in [7, 11) is 0. The molecule has 1 aromatic rings. The lowest BCUT2D eigenvalue weighted by atomic mass is 10.2. The van der Waals surface area contributed by atoms with Crippen LogP contribution in [0.4, 0.5) is 4.39 Å². The van der Waals surface area contributed by atoms with E-state index >= 15 is 0 Å². The molecule has 0 unspecified atom stereocenters. The second kappa shape index (κ2) is 4.21. The maximum Gasteiger partial charge on any atom is 0.309 e. The Balaban J connectivity index is 2.78. The first-order chi connectivity index (χ1) is 5.74. The molecule has 1 amide bonds. The van der Waals surface area contributed by atoms with Crippen LogP contribution in [0.5, 0.6) is 0 Å². The minimum atomic E-state index is -0.341. The number of nitrogens with one attached hydrogen (secondary N) is 1. The van der Waals surface area contributed by atoms with E-state index in [9.17, 15) is 9.18 Å². The Labute approximate surface area is 77.9 Å². The standard InChI is InChI=1S/C8H6BrFNO/c9-7-2-1-6(4-11-5-12)8(10)3-7/h1-3H,4H2,(H,11,12). The SMILES string of the molecule is O=[C]NCc1ccc(Br)cc1F. The molecule has 0 spiro atoms. The summed E-state index contributed by atoms with van der Waals surface area (Å²) in [6.45, 7) is 0.169. The number of amides is 1. The predicted molar refractivity (Wildman–Crippen MR) is 46.6 cm³/mol. The van der Waals surface area contributed by atoms with E-state index in [1.54, 1.807) is 12.1 Å². The Morgan fingerprint density at radius 2 is 2.33 bits per heavy atom. The van der Waals surface area contributed by atoms with Gasteiger partial charge in [-0.3, -0.25) is 4.79 Å². The van der Waals surface area contributed by atoms with Gasteiger partial charge in [0.05, 0.1) is 0 Å². The van der Waals surface area contributed by atoms with Crippen LogP contribution >= 0.6 is 15.9 Å². The van der Waals surface area contributed by atoms with E-state index in [-0.39, 0.29) is 12.4 Å². The smallest absolute Gasteiger partial charge is 0.309 e. The third kappa shape index (κ3) is 2.30. The van der Waals surface area contributed by atoms with Gasteiger partial charge in [0.1, 0.15) is 5.82 Å². The average molecular weight is 231 g/mol. The van der Waals surface area contributed by atoms with E-state index in [0.29, 0.717) is 10.0 Å². The first-order valence-corrected chi connectivity index (χ1v) is 4.07. The van der Waals surface area contributed by atoms with Gasteiger partial charge in [-0.2, -0.15) is 0 Å². The Hall–Kier alpha value is -0.900. The Morgan fingerprint density at radius 3 is 2.92 bits per heavy atom. The number of hydrogen-bond donors (Lipinski definition) is 1. The van der Waals surface area contributed by atoms with Gasteiger partial charge < -0.3 is 5.32 Å². The molecule has 12 heavy (non-hydrogen) atoms. The highest BCUT2D eigenvalue weighted by atomic mass is 79.9. The normalized spacial score (nSPS) is 9.50. The first kappa shape index (κ1) is 9.19. The molecule has 4 heteroatoms. The lowest BCUT2D eigenvalue weighted by molar-refractivity contribution is 0.538. The van der Waals surface area contributed by atoms with Crippen LogP contribution in [0.25, 0.3) is 0 Å². The lowest BCUT2D eigenvalue weighted by Crippen LogP contribution is -2.10. The van der Waals surface area contributed by atoms with Crippen molar-refractivity contribution in [3.8, 4) is 0 Å². The van der Waals surface area contributed by atoms with Gasteiger partial charge in [0.2, 0.25) is 0 Å². The fourth-order valence-corrected chi connectivity index (χ4v) is 1.13. The fourth-order valence-electron chi connectivity index (χ4n) is 0.796. The predicted octanol–water partition coefficient (Wildman–Crippen LogP) is 1.75. The summed E-state index contributed by atoms with van der Waals surface area (Å²) < 4.78 is 13.7. The van der Waals surface area contributed by atoms with Gasteiger partial charge in [0.15, 0.2) is 0 Å². The molecule has 0 aliphatic heterocycles. The van der Waals surface area contributed by atoms with Crippen molar-refractivity contribution in [3.63, 3.8) is 0 Å². The highest BCUT2D eigenvalue weighted by molar-refractivity contribution is 9.10. The van der Waals surface area contributed by atoms with E-state index in [4.69, 9.17) is 0 Å². The van der Waals surface area contributed by atoms with Crippen LogP contribution in [0.15, 0.2) is 22.7 Å². The molecular formula is C8H6BrFNO. The summed E-state index contributed by atoms with van der Waals surface area (Å²) in [5.74, 6) is -0.341. The molecule has 0 bridgehead atoms. The highest BCUT2D eigenvalue weighted by Crippen LogP contribution is 2.14. The van der Waals surface area contributed by atoms with Crippen molar-refractivity contribution in [2.45, 2.75) is 6.54 Å². The maximum absolute atomic E-state index is 13.0. The summed E-state index contributed by atoms with van der Waals surface area (Å²) in [6, 6.07) is 4.66. The van der Waals surface area contributed by atoms with Gasteiger partial charge in [-0.1, -0.05) is 22.0 Å². The van der Waals surface area contributed by atoms with E-state index in [1.165, 1.54) is 12.5 Å². The molecule has 0 aliphatic carbocycles. The first-order valence-electron chi connectivity index (χ1n) is 3.28. The van der Waals surface area contributed by atoms with E-state index < -0.39 is 0 Å². The number of rotatable bonds is 3. The fraction of sp³-hybridized carbons (Fsp3) is 0.125. The minimum Gasteiger partial charge on any atom is -0.344 e. The largest absolute Gasteiger partial charge is 0.344 e. The molecule has 1 radical (unpaired) electrons. The van der Waals surface area contributed by atoms with Gasteiger partial charge in [0, 0.05) is 16.6 Å². The van der Waals surface area contributed by atoms with Crippen LogP contribution in [-0.2, 0) is 11.3 Å². The minimum absolute atomic E-state index is 0.169. The quantitative estimate of drug-likeness (QED) is 0.788. The van der Waals surface area contributed by atoms with Gasteiger partial charge in [0.25, 0.3) is 0 Å². The zero-order valence-corrected chi connectivity index (χ0v) is 7.69. The van der Waals surface area contributed by atoms with Crippen molar-refractivity contribution in [1.29, 1.82) is 0 Å². The van der Waals surface area contributed by atoms with Crippen molar-refractivity contribution in [2.24, 2.45) is 0 Å². The molecule has 1 N–H and O–H groups in total. The van der Waals surface area contributed by atoms with Gasteiger partial charge >= 0.3 is 6.41 Å². The summed E-state index contributed by atoms with van der Waals surface area (Å²) in [5, 5.41) is 2.26. The summed E-state index contributed by atoms with van der Waals surface area (Å²) >= 11 is 3.13. The maximum atomic E-state index is 13.0. The summed E-state index contributed by atoms with van der Waals surface area (Å²) in [5.41, 5.74) is 0.446. The molecule has 0 atom stereocenters. The molecule has 2 nitrogen and oxygen atoms in total. The molecule has 1 aromatic carbocycles. The van der Waals surface area contributed by atoms with Crippen molar-refractivity contribution >= 4 is 22.3 Å². The Bertz CT molecular complexity index is 290. The monoisotopic (exact) mass is 230 g/mol. The Kier molecular flexibility index (Phi) is 3.22. The summed E-state index contributed by atoms with van der Waals surface area (Å²) in [4.78, 5) is 9.79. The van der Waals surface area contributed by atoms with Crippen molar-refractivity contribution < 1.29 is 9.18 Å². The molecule has 1 rings (SSSR count). The molecule has 0 aromatic heterocycles. The number of hydrogen-bond acceptors (Lipinski definition) is 1.